The number of aliphatic hydroxyl groups excluding tert-OH is 1. The van der Waals surface area contributed by atoms with Crippen molar-refractivity contribution in [2.45, 2.75) is 88.0 Å². The van der Waals surface area contributed by atoms with Crippen LogP contribution in [0, 0.1) is 0 Å². The molecule has 5 heteroatoms. The number of methoxy groups -OCH3 is 1. The zero-order chi connectivity index (χ0) is 16.6. The van der Waals surface area contributed by atoms with Gasteiger partial charge in [0.1, 0.15) is 0 Å². The van der Waals surface area contributed by atoms with Crippen molar-refractivity contribution in [1.82, 2.24) is 10.1 Å². The predicted octanol–water partition coefficient (Wildman–Crippen LogP) is 3.23. The van der Waals surface area contributed by atoms with E-state index in [4.69, 9.17) is 9.26 Å². The lowest BCUT2D eigenvalue weighted by Crippen LogP contribution is -2.51. The molecule has 1 N–H and O–H groups in total. The van der Waals surface area contributed by atoms with Crippen LogP contribution in [0.5, 0.6) is 0 Å². The first kappa shape index (κ1) is 16.6. The molecule has 0 spiro atoms. The number of aliphatic hydroxyl groups is 1. The Balaban J connectivity index is 1.44. The van der Waals surface area contributed by atoms with Crippen molar-refractivity contribution < 1.29 is 14.4 Å². The van der Waals surface area contributed by atoms with Crippen molar-refractivity contribution in [2.75, 3.05) is 13.7 Å². The first-order valence-electron chi connectivity index (χ1n) is 9.63. The Bertz CT molecular complexity index is 555. The van der Waals surface area contributed by atoms with Crippen LogP contribution in [-0.4, -0.2) is 46.6 Å². The summed E-state index contributed by atoms with van der Waals surface area (Å²) in [6.45, 7) is 1.78. The fourth-order valence-corrected chi connectivity index (χ4v) is 5.15. The van der Waals surface area contributed by atoms with Crippen LogP contribution in [0.1, 0.15) is 75.2 Å². The third-order valence-electron chi connectivity index (χ3n) is 6.63. The molecule has 0 unspecified atom stereocenters. The van der Waals surface area contributed by atoms with E-state index in [9.17, 15) is 5.11 Å². The van der Waals surface area contributed by atoms with Crippen molar-refractivity contribution >= 4 is 0 Å². The lowest BCUT2D eigenvalue weighted by Gasteiger charge is -2.42. The van der Waals surface area contributed by atoms with Crippen LogP contribution in [0.3, 0.4) is 0 Å². The Hall–Kier alpha value is -0.910. The summed E-state index contributed by atoms with van der Waals surface area (Å²) in [4.78, 5) is 2.43. The van der Waals surface area contributed by atoms with Crippen molar-refractivity contribution in [1.29, 1.82) is 0 Å². The quantitative estimate of drug-likeness (QED) is 0.916. The third kappa shape index (κ3) is 3.02. The van der Waals surface area contributed by atoms with Crippen molar-refractivity contribution in [3.05, 3.63) is 17.5 Å². The van der Waals surface area contributed by atoms with E-state index >= 15 is 0 Å². The number of hydrogen-bond acceptors (Lipinski definition) is 5. The monoisotopic (exact) mass is 334 g/mol. The third-order valence-corrected chi connectivity index (χ3v) is 6.63. The molecule has 0 radical (unpaired) electrons. The molecular weight excluding hydrogens is 304 g/mol. The van der Waals surface area contributed by atoms with Gasteiger partial charge < -0.3 is 14.4 Å². The van der Waals surface area contributed by atoms with E-state index in [2.05, 4.69) is 16.1 Å². The Morgan fingerprint density at radius 1 is 1.29 bits per heavy atom. The summed E-state index contributed by atoms with van der Waals surface area (Å²) >= 11 is 0. The largest absolute Gasteiger partial charge is 0.393 e. The number of hydrogen-bond donors (Lipinski definition) is 1. The van der Waals surface area contributed by atoms with Gasteiger partial charge in [-0.3, -0.25) is 4.90 Å². The Kier molecular flexibility index (Phi) is 4.67. The first-order valence-corrected chi connectivity index (χ1v) is 9.63. The maximum absolute atomic E-state index is 10.1. The van der Waals surface area contributed by atoms with E-state index in [1.54, 1.807) is 0 Å². The van der Waals surface area contributed by atoms with Crippen molar-refractivity contribution in [3.8, 4) is 0 Å². The molecule has 2 heterocycles. The number of nitrogens with zero attached hydrogens (tertiary/aromatic N) is 2. The molecule has 4 rings (SSSR count). The van der Waals surface area contributed by atoms with E-state index in [0.29, 0.717) is 5.92 Å². The highest BCUT2D eigenvalue weighted by Gasteiger charge is 2.50. The van der Waals surface area contributed by atoms with Gasteiger partial charge in [0.05, 0.1) is 23.9 Å². The summed E-state index contributed by atoms with van der Waals surface area (Å²) in [7, 11) is 1.82. The Morgan fingerprint density at radius 3 is 2.92 bits per heavy atom. The average molecular weight is 334 g/mol. The lowest BCUT2D eigenvalue weighted by molar-refractivity contribution is -0.0886. The number of likely N-dealkylation sites (tertiary alicyclic amines) is 1. The maximum Gasteiger partial charge on any atom is 0.150 e. The van der Waals surface area contributed by atoms with Crippen LogP contribution < -0.4 is 0 Å². The second kappa shape index (κ2) is 6.77. The standard InChI is InChI=1S/C19H30N2O3/c1-23-19-8-7-15(22)11-18(19)21(10-9-19)13-16-12-17(20-24-16)14-5-3-2-4-6-14/h12,14-15,18,22H,2-11,13H2,1H3/t15-,18-,19+/m1/s1. The molecule has 3 fully saturated rings. The summed E-state index contributed by atoms with van der Waals surface area (Å²) in [6.07, 6.45) is 9.94. The van der Waals surface area contributed by atoms with Crippen LogP contribution in [0.15, 0.2) is 10.6 Å². The van der Waals surface area contributed by atoms with Gasteiger partial charge in [-0.25, -0.2) is 0 Å². The van der Waals surface area contributed by atoms with E-state index < -0.39 is 0 Å². The number of rotatable bonds is 4. The fourth-order valence-electron chi connectivity index (χ4n) is 5.15. The number of fused-ring (bicyclic) bond motifs is 1. The molecule has 0 amide bonds. The topological polar surface area (TPSA) is 58.7 Å². The van der Waals surface area contributed by atoms with E-state index in [1.807, 2.05) is 7.11 Å². The molecule has 0 aromatic carbocycles. The van der Waals surface area contributed by atoms with Crippen LogP contribution in [0.25, 0.3) is 0 Å². The van der Waals surface area contributed by atoms with Gasteiger partial charge in [-0.2, -0.15) is 0 Å². The lowest BCUT2D eigenvalue weighted by atomic mass is 9.79. The molecule has 5 nitrogen and oxygen atoms in total. The zero-order valence-electron chi connectivity index (χ0n) is 14.7. The van der Waals surface area contributed by atoms with Gasteiger partial charge >= 0.3 is 0 Å². The van der Waals surface area contributed by atoms with Crippen LogP contribution in [-0.2, 0) is 11.3 Å². The number of aromatic nitrogens is 1. The first-order chi connectivity index (χ1) is 11.7. The Labute approximate surface area is 144 Å². The summed E-state index contributed by atoms with van der Waals surface area (Å²) in [5.74, 6) is 1.55. The fraction of sp³-hybridized carbons (Fsp3) is 0.842. The normalized spacial score (nSPS) is 35.2. The number of ether oxygens (including phenoxy) is 1. The highest BCUT2D eigenvalue weighted by molar-refractivity contribution is 5.13. The second-order valence-corrected chi connectivity index (χ2v) is 7.99. The van der Waals surface area contributed by atoms with E-state index in [1.165, 1.54) is 32.1 Å². The summed E-state index contributed by atoms with van der Waals surface area (Å²) < 4.78 is 11.6. The molecule has 1 aromatic rings. The van der Waals surface area contributed by atoms with Crippen LogP contribution in [0.2, 0.25) is 0 Å². The average Bonchev–Trinajstić information content (AvgIpc) is 3.22. The van der Waals surface area contributed by atoms with Crippen molar-refractivity contribution in [3.63, 3.8) is 0 Å². The minimum atomic E-state index is -0.202. The second-order valence-electron chi connectivity index (χ2n) is 7.99. The molecular formula is C19H30N2O3. The Morgan fingerprint density at radius 2 is 2.12 bits per heavy atom. The molecule has 0 bridgehead atoms. The minimum absolute atomic E-state index is 0.0779. The van der Waals surface area contributed by atoms with Gasteiger partial charge in [0.2, 0.25) is 0 Å². The van der Waals surface area contributed by atoms with Gasteiger partial charge in [0.25, 0.3) is 0 Å². The SMILES string of the molecule is CO[C@]12CC[C@@H](O)C[C@H]1N(Cc1cc(C3CCCCC3)no1)CC2. The molecule has 2 saturated carbocycles. The van der Waals surface area contributed by atoms with E-state index in [-0.39, 0.29) is 17.7 Å². The van der Waals surface area contributed by atoms with Crippen molar-refractivity contribution in [2.24, 2.45) is 0 Å². The van der Waals surface area contributed by atoms with Gasteiger partial charge in [-0.05, 0) is 38.5 Å². The molecule has 1 aliphatic heterocycles. The molecule has 3 atom stereocenters. The molecule has 134 valence electrons. The molecule has 24 heavy (non-hydrogen) atoms. The molecule has 1 aromatic heterocycles. The smallest absolute Gasteiger partial charge is 0.150 e. The summed E-state index contributed by atoms with van der Waals surface area (Å²) in [6, 6.07) is 2.46. The summed E-state index contributed by atoms with van der Waals surface area (Å²) in [5.41, 5.74) is 1.07. The molecule has 2 aliphatic carbocycles. The van der Waals surface area contributed by atoms with Gasteiger partial charge in [-0.15, -0.1) is 0 Å². The van der Waals surface area contributed by atoms with Gasteiger partial charge in [0.15, 0.2) is 5.76 Å². The van der Waals surface area contributed by atoms with Gasteiger partial charge in [0, 0.05) is 31.7 Å². The maximum atomic E-state index is 10.1. The van der Waals surface area contributed by atoms with E-state index in [0.717, 1.165) is 50.2 Å². The molecule has 3 aliphatic rings. The van der Waals surface area contributed by atoms with Crippen LogP contribution >= 0.6 is 0 Å². The van der Waals surface area contributed by atoms with Crippen LogP contribution in [0.4, 0.5) is 0 Å². The van der Waals surface area contributed by atoms with Gasteiger partial charge in [-0.1, -0.05) is 24.4 Å². The molecule has 1 saturated heterocycles. The minimum Gasteiger partial charge on any atom is -0.393 e. The highest BCUT2D eigenvalue weighted by Crippen LogP contribution is 2.43. The highest BCUT2D eigenvalue weighted by atomic mass is 16.5. The summed E-state index contributed by atoms with van der Waals surface area (Å²) in [5, 5.41) is 14.5. The predicted molar refractivity (Wildman–Crippen MR) is 90.7 cm³/mol. The zero-order valence-corrected chi connectivity index (χ0v) is 14.7.